The Labute approximate surface area is 102 Å². The van der Waals surface area contributed by atoms with Crippen molar-refractivity contribution in [1.82, 2.24) is 5.32 Å². The van der Waals surface area contributed by atoms with Crippen LogP contribution in [0.5, 0.6) is 0 Å². The number of amides is 1. The van der Waals surface area contributed by atoms with E-state index < -0.39 is 0 Å². The Bertz CT molecular complexity index is 339. The third-order valence-corrected chi connectivity index (χ3v) is 2.58. The Balaban J connectivity index is 2.35. The van der Waals surface area contributed by atoms with Gasteiger partial charge in [0.15, 0.2) is 0 Å². The summed E-state index contributed by atoms with van der Waals surface area (Å²) in [6.45, 7) is 4.25. The van der Waals surface area contributed by atoms with Crippen LogP contribution >= 0.6 is 0 Å². The van der Waals surface area contributed by atoms with Crippen LogP contribution < -0.4 is 10.6 Å². The lowest BCUT2D eigenvalue weighted by atomic mass is 10.1. The Morgan fingerprint density at radius 3 is 2.47 bits per heavy atom. The molecule has 0 aromatic heterocycles. The van der Waals surface area contributed by atoms with Crippen LogP contribution in [0.4, 0.5) is 5.69 Å². The monoisotopic (exact) mass is 236 g/mol. The Morgan fingerprint density at radius 2 is 1.94 bits per heavy atom. The number of hydrogen-bond acceptors (Lipinski definition) is 3. The van der Waals surface area contributed by atoms with Crippen molar-refractivity contribution in [3.05, 3.63) is 30.3 Å². The number of carbonyl (C=O) groups is 1. The molecule has 1 amide bonds. The molecule has 0 fully saturated rings. The molecular weight excluding hydrogens is 216 g/mol. The van der Waals surface area contributed by atoms with Crippen LogP contribution in [0, 0.1) is 5.92 Å². The van der Waals surface area contributed by atoms with Crippen molar-refractivity contribution in [1.29, 1.82) is 0 Å². The third-order valence-electron chi connectivity index (χ3n) is 2.58. The van der Waals surface area contributed by atoms with Gasteiger partial charge in [-0.05, 0) is 18.1 Å². The molecule has 0 spiro atoms. The molecule has 0 aliphatic carbocycles. The van der Waals surface area contributed by atoms with Crippen LogP contribution in [0.3, 0.4) is 0 Å². The minimum atomic E-state index is -0.102. The summed E-state index contributed by atoms with van der Waals surface area (Å²) in [5.74, 6) is 0.194. The molecule has 1 unspecified atom stereocenters. The average molecular weight is 236 g/mol. The minimum absolute atomic E-state index is 0.0380. The molecule has 3 N–H and O–H groups in total. The lowest BCUT2D eigenvalue weighted by Gasteiger charge is -2.19. The molecule has 0 heterocycles. The fourth-order valence-corrected chi connectivity index (χ4v) is 1.46. The van der Waals surface area contributed by atoms with Gasteiger partial charge in [0.2, 0.25) is 5.91 Å². The lowest BCUT2D eigenvalue weighted by molar-refractivity contribution is -0.115. The van der Waals surface area contributed by atoms with Gasteiger partial charge in [0, 0.05) is 11.7 Å². The maximum Gasteiger partial charge on any atom is 0.238 e. The van der Waals surface area contributed by atoms with Crippen molar-refractivity contribution in [3.8, 4) is 0 Å². The van der Waals surface area contributed by atoms with Crippen molar-refractivity contribution in [3.63, 3.8) is 0 Å². The average Bonchev–Trinajstić information content (AvgIpc) is 2.30. The smallest absolute Gasteiger partial charge is 0.238 e. The summed E-state index contributed by atoms with van der Waals surface area (Å²) in [7, 11) is 0. The zero-order valence-corrected chi connectivity index (χ0v) is 10.3. The molecule has 1 rings (SSSR count). The molecule has 17 heavy (non-hydrogen) atoms. The van der Waals surface area contributed by atoms with E-state index >= 15 is 0 Å². The summed E-state index contributed by atoms with van der Waals surface area (Å²) in [4.78, 5) is 11.6. The highest BCUT2D eigenvalue weighted by Crippen LogP contribution is 2.04. The van der Waals surface area contributed by atoms with E-state index in [1.165, 1.54) is 0 Å². The molecule has 1 atom stereocenters. The van der Waals surface area contributed by atoms with Gasteiger partial charge in [-0.2, -0.15) is 0 Å². The van der Waals surface area contributed by atoms with Gasteiger partial charge >= 0.3 is 0 Å². The second-order valence-electron chi connectivity index (χ2n) is 4.33. The molecule has 0 bridgehead atoms. The van der Waals surface area contributed by atoms with Gasteiger partial charge in [-0.25, -0.2) is 0 Å². The third kappa shape index (κ3) is 4.97. The number of carbonyl (C=O) groups excluding carboxylic acids is 1. The second-order valence-corrected chi connectivity index (χ2v) is 4.33. The number of hydrogen-bond donors (Lipinski definition) is 3. The molecule has 0 saturated carbocycles. The molecule has 4 nitrogen and oxygen atoms in total. The van der Waals surface area contributed by atoms with Crippen LogP contribution in [0.25, 0.3) is 0 Å². The standard InChI is InChI=1S/C13H20N2O2/c1-10(2)12(9-16)14-8-13(17)15-11-6-4-3-5-7-11/h3-7,10,12,14,16H,8-9H2,1-2H3,(H,15,17). The van der Waals surface area contributed by atoms with Crippen molar-refractivity contribution in [2.45, 2.75) is 19.9 Å². The summed E-state index contributed by atoms with van der Waals surface area (Å²) >= 11 is 0. The van der Waals surface area contributed by atoms with Gasteiger partial charge in [0.05, 0.1) is 13.2 Å². The van der Waals surface area contributed by atoms with Crippen LogP contribution in [-0.4, -0.2) is 30.2 Å². The molecule has 4 heteroatoms. The van der Waals surface area contributed by atoms with E-state index in [0.717, 1.165) is 5.69 Å². The molecule has 0 aliphatic rings. The summed E-state index contributed by atoms with van der Waals surface area (Å²) in [5, 5.41) is 14.9. The topological polar surface area (TPSA) is 61.4 Å². The molecule has 94 valence electrons. The van der Waals surface area contributed by atoms with Crippen LogP contribution in [-0.2, 0) is 4.79 Å². The first-order valence-corrected chi connectivity index (χ1v) is 5.82. The van der Waals surface area contributed by atoms with E-state index in [-0.39, 0.29) is 25.1 Å². The maximum atomic E-state index is 11.6. The van der Waals surface area contributed by atoms with E-state index in [1.807, 2.05) is 44.2 Å². The van der Waals surface area contributed by atoms with Crippen molar-refractivity contribution in [2.24, 2.45) is 5.92 Å². The fourth-order valence-electron chi connectivity index (χ4n) is 1.46. The second kappa shape index (κ2) is 7.04. The Kier molecular flexibility index (Phi) is 5.66. The normalized spacial score (nSPS) is 12.5. The highest BCUT2D eigenvalue weighted by molar-refractivity contribution is 5.92. The summed E-state index contributed by atoms with van der Waals surface area (Å²) in [5.41, 5.74) is 0.782. The minimum Gasteiger partial charge on any atom is -0.395 e. The number of aliphatic hydroxyl groups excluding tert-OH is 1. The van der Waals surface area contributed by atoms with Gasteiger partial charge in [-0.15, -0.1) is 0 Å². The molecule has 1 aromatic carbocycles. The van der Waals surface area contributed by atoms with Gasteiger partial charge in [0.25, 0.3) is 0 Å². The van der Waals surface area contributed by atoms with Crippen LogP contribution in [0.15, 0.2) is 30.3 Å². The number of benzene rings is 1. The van der Waals surface area contributed by atoms with Crippen molar-refractivity contribution in [2.75, 3.05) is 18.5 Å². The SMILES string of the molecule is CC(C)C(CO)NCC(=O)Nc1ccccc1. The molecule has 0 radical (unpaired) electrons. The zero-order chi connectivity index (χ0) is 12.7. The lowest BCUT2D eigenvalue weighted by Crippen LogP contribution is -2.41. The molecular formula is C13H20N2O2. The molecule has 1 aromatic rings. The number of rotatable bonds is 6. The van der Waals surface area contributed by atoms with E-state index in [4.69, 9.17) is 5.11 Å². The fraction of sp³-hybridized carbons (Fsp3) is 0.462. The van der Waals surface area contributed by atoms with Gasteiger partial charge < -0.3 is 15.7 Å². The van der Waals surface area contributed by atoms with Crippen LogP contribution in [0.2, 0.25) is 0 Å². The van der Waals surface area contributed by atoms with E-state index in [0.29, 0.717) is 5.92 Å². The Hall–Kier alpha value is -1.39. The number of nitrogens with one attached hydrogen (secondary N) is 2. The van der Waals surface area contributed by atoms with Crippen molar-refractivity contribution < 1.29 is 9.90 Å². The first kappa shape index (κ1) is 13.7. The van der Waals surface area contributed by atoms with Gasteiger partial charge in [-0.1, -0.05) is 32.0 Å². The van der Waals surface area contributed by atoms with E-state index in [1.54, 1.807) is 0 Å². The number of para-hydroxylation sites is 1. The van der Waals surface area contributed by atoms with Gasteiger partial charge in [0.1, 0.15) is 0 Å². The van der Waals surface area contributed by atoms with Crippen LogP contribution in [0.1, 0.15) is 13.8 Å². The number of anilines is 1. The van der Waals surface area contributed by atoms with E-state index in [2.05, 4.69) is 10.6 Å². The largest absolute Gasteiger partial charge is 0.395 e. The quantitative estimate of drug-likeness (QED) is 0.696. The van der Waals surface area contributed by atoms with Gasteiger partial charge in [-0.3, -0.25) is 4.79 Å². The summed E-state index contributed by atoms with van der Waals surface area (Å²) < 4.78 is 0. The first-order valence-electron chi connectivity index (χ1n) is 5.82. The predicted octanol–water partition coefficient (Wildman–Crippen LogP) is 1.23. The van der Waals surface area contributed by atoms with E-state index in [9.17, 15) is 4.79 Å². The molecule has 0 saturated heterocycles. The van der Waals surface area contributed by atoms with Crippen molar-refractivity contribution >= 4 is 11.6 Å². The molecule has 0 aliphatic heterocycles. The highest BCUT2D eigenvalue weighted by Gasteiger charge is 2.12. The predicted molar refractivity (Wildman–Crippen MR) is 68.8 cm³/mol. The Morgan fingerprint density at radius 1 is 1.29 bits per heavy atom. The summed E-state index contributed by atoms with van der Waals surface area (Å²) in [6, 6.07) is 9.26. The zero-order valence-electron chi connectivity index (χ0n) is 10.3. The number of aliphatic hydroxyl groups is 1. The highest BCUT2D eigenvalue weighted by atomic mass is 16.3. The first-order chi connectivity index (χ1) is 8.13. The maximum absolute atomic E-state index is 11.6. The summed E-state index contributed by atoms with van der Waals surface area (Å²) in [6.07, 6.45) is 0.